The highest BCUT2D eigenvalue weighted by atomic mass is 32.2. The smallest absolute Gasteiger partial charge is 0.335 e. The number of hydrogen-bond donors (Lipinski definition) is 1. The van der Waals surface area contributed by atoms with Crippen molar-refractivity contribution in [2.24, 2.45) is 0 Å². The second kappa shape index (κ2) is 4.65. The number of carbonyl (C=O) groups is 1. The van der Waals surface area contributed by atoms with E-state index in [4.69, 9.17) is 5.11 Å². The van der Waals surface area contributed by atoms with Crippen molar-refractivity contribution in [3.8, 4) is 0 Å². The summed E-state index contributed by atoms with van der Waals surface area (Å²) in [4.78, 5) is 10.7. The fourth-order valence-electron chi connectivity index (χ4n) is 1.19. The normalized spacial score (nSPS) is 11.7. The van der Waals surface area contributed by atoms with Crippen molar-refractivity contribution >= 4 is 15.8 Å². The molecule has 88 valence electrons. The average molecular weight is 242 g/mol. The Morgan fingerprint density at radius 3 is 2.50 bits per heavy atom. The summed E-state index contributed by atoms with van der Waals surface area (Å²) in [7, 11) is -3.19. The zero-order chi connectivity index (χ0) is 12.3. The Morgan fingerprint density at radius 1 is 1.38 bits per heavy atom. The number of sulfone groups is 1. The lowest BCUT2D eigenvalue weighted by molar-refractivity contribution is 0.0696. The third kappa shape index (κ3) is 3.06. The van der Waals surface area contributed by atoms with Crippen molar-refractivity contribution in [2.45, 2.75) is 24.9 Å². The van der Waals surface area contributed by atoms with Crippen molar-refractivity contribution in [3.05, 3.63) is 35.4 Å². The molecule has 1 aromatic rings. The van der Waals surface area contributed by atoms with Crippen molar-refractivity contribution in [1.82, 2.24) is 0 Å². The van der Waals surface area contributed by atoms with Gasteiger partial charge in [-0.3, -0.25) is 0 Å². The summed E-state index contributed by atoms with van der Waals surface area (Å²) in [6.45, 7) is 3.22. The molecular formula is C11H14O4S. The third-order valence-corrected chi connectivity index (χ3v) is 4.43. The van der Waals surface area contributed by atoms with E-state index in [9.17, 15) is 13.2 Å². The molecule has 1 rings (SSSR count). The summed E-state index contributed by atoms with van der Waals surface area (Å²) in [5.74, 6) is -1.17. The first-order valence-electron chi connectivity index (χ1n) is 4.87. The number of hydrogen-bond acceptors (Lipinski definition) is 3. The maximum atomic E-state index is 11.6. The molecule has 0 bridgehead atoms. The first kappa shape index (κ1) is 12.7. The zero-order valence-corrected chi connectivity index (χ0v) is 9.99. The molecule has 16 heavy (non-hydrogen) atoms. The predicted octanol–water partition coefficient (Wildman–Crippen LogP) is 1.71. The lowest BCUT2D eigenvalue weighted by Crippen LogP contribution is -2.16. The van der Waals surface area contributed by atoms with Gasteiger partial charge >= 0.3 is 5.97 Å². The second-order valence-electron chi connectivity index (χ2n) is 3.86. The van der Waals surface area contributed by atoms with E-state index in [-0.39, 0.29) is 11.3 Å². The van der Waals surface area contributed by atoms with E-state index in [1.54, 1.807) is 26.0 Å². The zero-order valence-electron chi connectivity index (χ0n) is 9.17. The van der Waals surface area contributed by atoms with Crippen LogP contribution in [0.4, 0.5) is 0 Å². The van der Waals surface area contributed by atoms with Gasteiger partial charge in [0.05, 0.1) is 16.6 Å². The molecule has 0 atom stereocenters. The standard InChI is InChI=1S/C11H14O4S/c1-8(2)16(14,15)7-9-4-3-5-10(6-9)11(12)13/h3-6,8H,7H2,1-2H3,(H,12,13). The summed E-state index contributed by atoms with van der Waals surface area (Å²) in [5.41, 5.74) is 0.616. The molecule has 0 heterocycles. The van der Waals surface area contributed by atoms with Gasteiger partial charge in [-0.1, -0.05) is 12.1 Å². The molecule has 0 unspecified atom stereocenters. The Balaban J connectivity index is 2.99. The summed E-state index contributed by atoms with van der Waals surface area (Å²) < 4.78 is 23.3. The molecule has 0 fully saturated rings. The summed E-state index contributed by atoms with van der Waals surface area (Å²) in [6, 6.07) is 6.00. The molecule has 5 heteroatoms. The average Bonchev–Trinajstić information content (AvgIpc) is 2.17. The number of rotatable bonds is 4. The van der Waals surface area contributed by atoms with E-state index in [2.05, 4.69) is 0 Å². The molecule has 1 N–H and O–H groups in total. The molecule has 0 spiro atoms. The minimum absolute atomic E-state index is 0.108. The van der Waals surface area contributed by atoms with Gasteiger partial charge in [0.1, 0.15) is 0 Å². The first-order chi connectivity index (χ1) is 7.33. The molecule has 4 nitrogen and oxygen atoms in total. The van der Waals surface area contributed by atoms with Crippen LogP contribution in [-0.4, -0.2) is 24.7 Å². The molecule has 0 aliphatic carbocycles. The van der Waals surface area contributed by atoms with Crippen molar-refractivity contribution in [3.63, 3.8) is 0 Å². The van der Waals surface area contributed by atoms with E-state index in [0.29, 0.717) is 5.56 Å². The molecular weight excluding hydrogens is 228 g/mol. The monoisotopic (exact) mass is 242 g/mol. The van der Waals surface area contributed by atoms with Crippen molar-refractivity contribution < 1.29 is 18.3 Å². The summed E-state index contributed by atoms with van der Waals surface area (Å²) in [5, 5.41) is 8.31. The first-order valence-corrected chi connectivity index (χ1v) is 6.58. The minimum Gasteiger partial charge on any atom is -0.478 e. The molecule has 1 aromatic carbocycles. The number of aromatic carboxylic acids is 1. The quantitative estimate of drug-likeness (QED) is 0.872. The van der Waals surface area contributed by atoms with Crippen LogP contribution in [0.1, 0.15) is 29.8 Å². The van der Waals surface area contributed by atoms with E-state index in [1.165, 1.54) is 12.1 Å². The third-order valence-electron chi connectivity index (χ3n) is 2.26. The Labute approximate surface area is 94.8 Å². The molecule has 0 aliphatic heterocycles. The lowest BCUT2D eigenvalue weighted by Gasteiger charge is -2.07. The highest BCUT2D eigenvalue weighted by Crippen LogP contribution is 2.12. The van der Waals surface area contributed by atoms with E-state index in [1.807, 2.05) is 0 Å². The van der Waals surface area contributed by atoms with Crippen LogP contribution in [0.15, 0.2) is 24.3 Å². The number of carboxylic acid groups (broad SMARTS) is 1. The molecule has 0 aliphatic rings. The number of benzene rings is 1. The van der Waals surface area contributed by atoms with Gasteiger partial charge in [-0.2, -0.15) is 0 Å². The van der Waals surface area contributed by atoms with E-state index >= 15 is 0 Å². The van der Waals surface area contributed by atoms with Gasteiger partial charge in [0, 0.05) is 0 Å². The summed E-state index contributed by atoms with van der Waals surface area (Å²) >= 11 is 0. The van der Waals surface area contributed by atoms with E-state index in [0.717, 1.165) is 0 Å². The van der Waals surface area contributed by atoms with Gasteiger partial charge in [0.2, 0.25) is 0 Å². The van der Waals surface area contributed by atoms with Crippen LogP contribution in [0.2, 0.25) is 0 Å². The minimum atomic E-state index is -3.19. The van der Waals surface area contributed by atoms with Crippen LogP contribution in [0.5, 0.6) is 0 Å². The van der Waals surface area contributed by atoms with Crippen molar-refractivity contribution in [2.75, 3.05) is 0 Å². The fraction of sp³-hybridized carbons (Fsp3) is 0.364. The molecule has 0 radical (unpaired) electrons. The van der Waals surface area contributed by atoms with Crippen LogP contribution in [0.3, 0.4) is 0 Å². The lowest BCUT2D eigenvalue weighted by atomic mass is 10.1. The Bertz CT molecular complexity index is 488. The predicted molar refractivity (Wildman–Crippen MR) is 61.2 cm³/mol. The molecule has 0 aromatic heterocycles. The fourth-order valence-corrected chi connectivity index (χ4v) is 2.17. The van der Waals surface area contributed by atoms with Crippen LogP contribution < -0.4 is 0 Å². The van der Waals surface area contributed by atoms with Crippen molar-refractivity contribution in [1.29, 1.82) is 0 Å². The van der Waals surface area contributed by atoms with Gasteiger partial charge in [0.15, 0.2) is 9.84 Å². The van der Waals surface area contributed by atoms with Gasteiger partial charge in [-0.15, -0.1) is 0 Å². The van der Waals surface area contributed by atoms with Gasteiger partial charge < -0.3 is 5.11 Å². The molecule has 0 saturated heterocycles. The second-order valence-corrected chi connectivity index (χ2v) is 6.42. The SMILES string of the molecule is CC(C)S(=O)(=O)Cc1cccc(C(=O)O)c1. The van der Waals surface area contributed by atoms with Crippen LogP contribution in [0, 0.1) is 0 Å². The highest BCUT2D eigenvalue weighted by Gasteiger charge is 2.17. The molecule has 0 amide bonds. The van der Waals surface area contributed by atoms with Gasteiger partial charge in [0.25, 0.3) is 0 Å². The van der Waals surface area contributed by atoms with E-state index < -0.39 is 21.1 Å². The van der Waals surface area contributed by atoms with Crippen LogP contribution >= 0.6 is 0 Å². The maximum absolute atomic E-state index is 11.6. The molecule has 0 saturated carbocycles. The Morgan fingerprint density at radius 2 is 2.00 bits per heavy atom. The maximum Gasteiger partial charge on any atom is 0.335 e. The van der Waals surface area contributed by atoms with Crippen LogP contribution in [-0.2, 0) is 15.6 Å². The Kier molecular flexibility index (Phi) is 3.70. The largest absolute Gasteiger partial charge is 0.478 e. The highest BCUT2D eigenvalue weighted by molar-refractivity contribution is 7.91. The Hall–Kier alpha value is -1.36. The number of carboxylic acids is 1. The summed E-state index contributed by atoms with van der Waals surface area (Å²) in [6.07, 6.45) is 0. The van der Waals surface area contributed by atoms with Gasteiger partial charge in [-0.25, -0.2) is 13.2 Å². The van der Waals surface area contributed by atoms with Crippen LogP contribution in [0.25, 0.3) is 0 Å². The van der Waals surface area contributed by atoms with Gasteiger partial charge in [-0.05, 0) is 31.5 Å². The topological polar surface area (TPSA) is 71.4 Å².